The van der Waals surface area contributed by atoms with Crippen LogP contribution >= 0.6 is 0 Å². The SMILES string of the molecule is CNc1nc(-c2cnn(C)c2)cc(C(F)(F)F)n1. The molecule has 0 saturated heterocycles. The molecule has 2 heterocycles. The van der Waals surface area contributed by atoms with E-state index < -0.39 is 11.9 Å². The number of rotatable bonds is 2. The van der Waals surface area contributed by atoms with Crippen LogP contribution in [0.3, 0.4) is 0 Å². The molecule has 96 valence electrons. The molecule has 0 bridgehead atoms. The van der Waals surface area contributed by atoms with E-state index in [1.165, 1.54) is 17.9 Å². The van der Waals surface area contributed by atoms with Gasteiger partial charge in [-0.05, 0) is 6.07 Å². The van der Waals surface area contributed by atoms with Crippen molar-refractivity contribution in [2.45, 2.75) is 6.18 Å². The zero-order chi connectivity index (χ0) is 13.3. The van der Waals surface area contributed by atoms with E-state index in [9.17, 15) is 13.2 Å². The summed E-state index contributed by atoms with van der Waals surface area (Å²) in [5.74, 6) is -0.0799. The van der Waals surface area contributed by atoms with Gasteiger partial charge in [-0.3, -0.25) is 4.68 Å². The summed E-state index contributed by atoms with van der Waals surface area (Å²) in [5, 5.41) is 6.40. The van der Waals surface area contributed by atoms with Gasteiger partial charge in [-0.1, -0.05) is 0 Å². The van der Waals surface area contributed by atoms with Crippen LogP contribution in [0.1, 0.15) is 5.69 Å². The van der Waals surface area contributed by atoms with Crippen LogP contribution in [0, 0.1) is 0 Å². The van der Waals surface area contributed by atoms with Crippen LogP contribution in [-0.4, -0.2) is 26.8 Å². The quantitative estimate of drug-likeness (QED) is 0.893. The molecule has 8 heteroatoms. The lowest BCUT2D eigenvalue weighted by molar-refractivity contribution is -0.141. The Labute approximate surface area is 101 Å². The van der Waals surface area contributed by atoms with Gasteiger partial charge in [-0.15, -0.1) is 0 Å². The lowest BCUT2D eigenvalue weighted by Gasteiger charge is -2.09. The fraction of sp³-hybridized carbons (Fsp3) is 0.300. The summed E-state index contributed by atoms with van der Waals surface area (Å²) in [6.07, 6.45) is -1.48. The number of anilines is 1. The van der Waals surface area contributed by atoms with Crippen molar-refractivity contribution in [3.8, 4) is 11.3 Å². The number of nitrogens with zero attached hydrogens (tertiary/aromatic N) is 4. The second-order valence-electron chi connectivity index (χ2n) is 3.61. The maximum atomic E-state index is 12.7. The van der Waals surface area contributed by atoms with Gasteiger partial charge < -0.3 is 5.32 Å². The second kappa shape index (κ2) is 4.28. The highest BCUT2D eigenvalue weighted by Gasteiger charge is 2.33. The van der Waals surface area contributed by atoms with Crippen LogP contribution in [0.2, 0.25) is 0 Å². The summed E-state index contributed by atoms with van der Waals surface area (Å²) in [6.45, 7) is 0. The highest BCUT2D eigenvalue weighted by Crippen LogP contribution is 2.30. The van der Waals surface area contributed by atoms with E-state index in [2.05, 4.69) is 20.4 Å². The fourth-order valence-corrected chi connectivity index (χ4v) is 1.41. The summed E-state index contributed by atoms with van der Waals surface area (Å²) >= 11 is 0. The first kappa shape index (κ1) is 12.3. The molecule has 2 aromatic rings. The van der Waals surface area contributed by atoms with Gasteiger partial charge in [0.1, 0.15) is 0 Å². The van der Waals surface area contributed by atoms with Gasteiger partial charge in [0.15, 0.2) is 5.69 Å². The Kier molecular flexibility index (Phi) is 2.93. The Morgan fingerprint density at radius 1 is 1.28 bits per heavy atom. The number of aryl methyl sites for hydroxylation is 1. The summed E-state index contributed by atoms with van der Waals surface area (Å²) in [4.78, 5) is 7.35. The van der Waals surface area contributed by atoms with Crippen LogP contribution in [0.4, 0.5) is 19.1 Å². The van der Waals surface area contributed by atoms with E-state index in [4.69, 9.17) is 0 Å². The molecule has 2 rings (SSSR count). The Hall–Kier alpha value is -2.12. The van der Waals surface area contributed by atoms with Crippen molar-refractivity contribution in [2.24, 2.45) is 7.05 Å². The number of alkyl halides is 3. The standard InChI is InChI=1S/C10H10F3N5/c1-14-9-16-7(6-4-15-18(2)5-6)3-8(17-9)10(11,12)13/h3-5H,1-2H3,(H,14,16,17). The molecule has 0 aliphatic heterocycles. The smallest absolute Gasteiger partial charge is 0.357 e. The highest BCUT2D eigenvalue weighted by atomic mass is 19.4. The lowest BCUT2D eigenvalue weighted by Crippen LogP contribution is -2.11. The van der Waals surface area contributed by atoms with Crippen LogP contribution in [-0.2, 0) is 13.2 Å². The zero-order valence-corrected chi connectivity index (χ0v) is 9.65. The molecular formula is C10H10F3N5. The molecule has 0 radical (unpaired) electrons. The molecule has 0 amide bonds. The van der Waals surface area contributed by atoms with Crippen LogP contribution in [0.25, 0.3) is 11.3 Å². The molecule has 0 atom stereocenters. The maximum absolute atomic E-state index is 12.7. The van der Waals surface area contributed by atoms with Crippen molar-refractivity contribution < 1.29 is 13.2 Å². The van der Waals surface area contributed by atoms with Gasteiger partial charge >= 0.3 is 6.18 Å². The number of hydrogen-bond donors (Lipinski definition) is 1. The van der Waals surface area contributed by atoms with Gasteiger partial charge in [-0.2, -0.15) is 18.3 Å². The first-order chi connectivity index (χ1) is 8.40. The molecule has 0 unspecified atom stereocenters. The predicted molar refractivity (Wildman–Crippen MR) is 58.8 cm³/mol. The van der Waals surface area contributed by atoms with Crippen molar-refractivity contribution in [2.75, 3.05) is 12.4 Å². The summed E-state index contributed by atoms with van der Waals surface area (Å²) in [5.41, 5.74) is -0.308. The van der Waals surface area contributed by atoms with Crippen molar-refractivity contribution in [1.29, 1.82) is 0 Å². The Bertz CT molecular complexity index is 561. The molecule has 18 heavy (non-hydrogen) atoms. The monoisotopic (exact) mass is 257 g/mol. The molecule has 0 fully saturated rings. The third kappa shape index (κ3) is 2.41. The van der Waals surface area contributed by atoms with Gasteiger partial charge in [0.05, 0.1) is 11.9 Å². The van der Waals surface area contributed by atoms with Gasteiger partial charge in [-0.25, -0.2) is 9.97 Å². The molecule has 5 nitrogen and oxygen atoms in total. The maximum Gasteiger partial charge on any atom is 0.433 e. The molecule has 0 aliphatic rings. The van der Waals surface area contributed by atoms with Crippen molar-refractivity contribution >= 4 is 5.95 Å². The Morgan fingerprint density at radius 2 is 2.00 bits per heavy atom. The number of nitrogens with one attached hydrogen (secondary N) is 1. The van der Waals surface area contributed by atoms with E-state index in [1.54, 1.807) is 13.2 Å². The van der Waals surface area contributed by atoms with Crippen molar-refractivity contribution in [3.63, 3.8) is 0 Å². The van der Waals surface area contributed by atoms with Gasteiger partial charge in [0.25, 0.3) is 0 Å². The second-order valence-corrected chi connectivity index (χ2v) is 3.61. The van der Waals surface area contributed by atoms with Crippen molar-refractivity contribution in [3.05, 3.63) is 24.2 Å². The zero-order valence-electron chi connectivity index (χ0n) is 9.65. The average molecular weight is 257 g/mol. The van der Waals surface area contributed by atoms with Crippen molar-refractivity contribution in [1.82, 2.24) is 19.7 Å². The minimum Gasteiger partial charge on any atom is -0.357 e. The largest absolute Gasteiger partial charge is 0.433 e. The predicted octanol–water partition coefficient (Wildman–Crippen LogP) is 1.94. The topological polar surface area (TPSA) is 55.6 Å². The Balaban J connectivity index is 2.54. The van der Waals surface area contributed by atoms with Gasteiger partial charge in [0.2, 0.25) is 5.95 Å². The van der Waals surface area contributed by atoms with Crippen LogP contribution < -0.4 is 5.32 Å². The molecule has 0 saturated carbocycles. The Morgan fingerprint density at radius 3 is 2.50 bits per heavy atom. The highest BCUT2D eigenvalue weighted by molar-refractivity contribution is 5.59. The summed E-state index contributed by atoms with van der Waals surface area (Å²) in [6, 6.07) is 0.901. The van der Waals surface area contributed by atoms with E-state index in [1.807, 2.05) is 0 Å². The third-order valence-electron chi connectivity index (χ3n) is 2.24. The average Bonchev–Trinajstić information content (AvgIpc) is 2.74. The van der Waals surface area contributed by atoms with Crippen LogP contribution in [0.5, 0.6) is 0 Å². The summed E-state index contributed by atoms with van der Waals surface area (Å²) in [7, 11) is 3.14. The van der Waals surface area contributed by atoms with E-state index in [0.29, 0.717) is 5.56 Å². The number of aromatic nitrogens is 4. The van der Waals surface area contributed by atoms with E-state index >= 15 is 0 Å². The normalized spacial score (nSPS) is 11.6. The van der Waals surface area contributed by atoms with Crippen LogP contribution in [0.15, 0.2) is 18.5 Å². The van der Waals surface area contributed by atoms with E-state index in [-0.39, 0.29) is 11.6 Å². The molecule has 0 aromatic carbocycles. The number of halogens is 3. The lowest BCUT2D eigenvalue weighted by atomic mass is 10.2. The van der Waals surface area contributed by atoms with Gasteiger partial charge in [0, 0.05) is 25.9 Å². The molecule has 0 spiro atoms. The first-order valence-corrected chi connectivity index (χ1v) is 5.03. The molecular weight excluding hydrogens is 247 g/mol. The third-order valence-corrected chi connectivity index (χ3v) is 2.24. The minimum absolute atomic E-state index is 0.0799. The molecule has 2 aromatic heterocycles. The summed E-state index contributed by atoms with van der Waals surface area (Å²) < 4.78 is 39.5. The molecule has 1 N–H and O–H groups in total. The number of hydrogen-bond acceptors (Lipinski definition) is 4. The minimum atomic E-state index is -4.51. The van der Waals surface area contributed by atoms with E-state index in [0.717, 1.165) is 6.07 Å². The fourth-order valence-electron chi connectivity index (χ4n) is 1.41. The first-order valence-electron chi connectivity index (χ1n) is 5.03. The molecule has 0 aliphatic carbocycles.